The van der Waals surface area contributed by atoms with Crippen LogP contribution in [0.3, 0.4) is 0 Å². The van der Waals surface area contributed by atoms with Crippen molar-refractivity contribution in [2.75, 3.05) is 6.54 Å². The number of nitrogens with one attached hydrogen (secondary N) is 1. The predicted octanol–water partition coefficient (Wildman–Crippen LogP) is 3.95. The summed E-state index contributed by atoms with van der Waals surface area (Å²) in [5.74, 6) is 0.947. The molecule has 104 valence electrons. The van der Waals surface area contributed by atoms with Gasteiger partial charge in [-0.3, -0.25) is 4.98 Å². The largest absolute Gasteiger partial charge is 0.305 e. The molecule has 0 amide bonds. The van der Waals surface area contributed by atoms with E-state index >= 15 is 0 Å². The van der Waals surface area contributed by atoms with Gasteiger partial charge in [0.05, 0.1) is 11.7 Å². The van der Waals surface area contributed by atoms with Crippen LogP contribution in [-0.4, -0.2) is 11.5 Å². The average Bonchev–Trinajstić information content (AvgIpc) is 2.47. The highest BCUT2D eigenvalue weighted by Crippen LogP contribution is 2.29. The second-order valence-electron chi connectivity index (χ2n) is 5.64. The van der Waals surface area contributed by atoms with E-state index in [9.17, 15) is 0 Å². The van der Waals surface area contributed by atoms with E-state index < -0.39 is 0 Å². The summed E-state index contributed by atoms with van der Waals surface area (Å²) in [6.07, 6.45) is 7.42. The zero-order valence-corrected chi connectivity index (χ0v) is 11.8. The third-order valence-corrected chi connectivity index (χ3v) is 4.24. The highest BCUT2D eigenvalue weighted by atomic mass is 14.9. The Morgan fingerprint density at radius 2 is 1.85 bits per heavy atom. The molecule has 2 aromatic rings. The molecule has 2 heteroatoms. The standard InChI is InChI=1S/C18H22N2/c1-2-9-16(10-3-1)18(17-11-4-5-13-19-17)20-14-12-15-7-6-8-15/h1-5,9-11,13,15,18,20H,6-8,12,14H2. The number of hydrogen-bond acceptors (Lipinski definition) is 2. The summed E-state index contributed by atoms with van der Waals surface area (Å²) in [5.41, 5.74) is 2.40. The molecule has 1 N–H and O–H groups in total. The normalized spacial score (nSPS) is 16.6. The van der Waals surface area contributed by atoms with Crippen LogP contribution in [-0.2, 0) is 0 Å². The third-order valence-electron chi connectivity index (χ3n) is 4.24. The molecule has 1 aliphatic carbocycles. The average molecular weight is 266 g/mol. The maximum absolute atomic E-state index is 4.52. The summed E-state index contributed by atoms with van der Waals surface area (Å²) in [4.78, 5) is 4.52. The van der Waals surface area contributed by atoms with E-state index in [0.29, 0.717) is 0 Å². The Morgan fingerprint density at radius 1 is 1.05 bits per heavy atom. The van der Waals surface area contributed by atoms with E-state index in [2.05, 4.69) is 52.8 Å². The Morgan fingerprint density at radius 3 is 2.50 bits per heavy atom. The zero-order chi connectivity index (χ0) is 13.6. The van der Waals surface area contributed by atoms with Gasteiger partial charge in [-0.15, -0.1) is 0 Å². The second kappa shape index (κ2) is 6.67. The summed E-state index contributed by atoms with van der Waals surface area (Å²) in [6.45, 7) is 1.07. The maximum atomic E-state index is 4.52. The number of pyridine rings is 1. The number of aromatic nitrogens is 1. The molecule has 1 unspecified atom stereocenters. The van der Waals surface area contributed by atoms with Crippen molar-refractivity contribution in [2.45, 2.75) is 31.7 Å². The molecule has 0 spiro atoms. The molecular formula is C18H22N2. The smallest absolute Gasteiger partial charge is 0.0751 e. The van der Waals surface area contributed by atoms with Crippen molar-refractivity contribution in [3.8, 4) is 0 Å². The van der Waals surface area contributed by atoms with Crippen molar-refractivity contribution in [2.24, 2.45) is 5.92 Å². The molecule has 1 aromatic heterocycles. The minimum absolute atomic E-state index is 0.206. The first-order valence-electron chi connectivity index (χ1n) is 7.63. The molecule has 1 aromatic carbocycles. The van der Waals surface area contributed by atoms with Gasteiger partial charge in [0.1, 0.15) is 0 Å². The minimum Gasteiger partial charge on any atom is -0.305 e. The van der Waals surface area contributed by atoms with Crippen LogP contribution in [0.15, 0.2) is 54.7 Å². The van der Waals surface area contributed by atoms with Crippen LogP contribution in [0.2, 0.25) is 0 Å². The van der Waals surface area contributed by atoms with Crippen LogP contribution in [0.25, 0.3) is 0 Å². The van der Waals surface area contributed by atoms with Gasteiger partial charge in [0.25, 0.3) is 0 Å². The Labute approximate surface area is 121 Å². The molecule has 0 bridgehead atoms. The van der Waals surface area contributed by atoms with E-state index in [1.54, 1.807) is 0 Å². The van der Waals surface area contributed by atoms with Gasteiger partial charge in [-0.05, 0) is 36.6 Å². The third kappa shape index (κ3) is 3.26. The number of benzene rings is 1. The molecule has 1 atom stereocenters. The van der Waals surface area contributed by atoms with E-state index in [0.717, 1.165) is 18.2 Å². The molecule has 1 heterocycles. The molecule has 3 rings (SSSR count). The number of rotatable bonds is 6. The topological polar surface area (TPSA) is 24.9 Å². The van der Waals surface area contributed by atoms with Crippen molar-refractivity contribution in [1.29, 1.82) is 0 Å². The molecule has 1 aliphatic rings. The Balaban J connectivity index is 1.70. The van der Waals surface area contributed by atoms with Gasteiger partial charge in [-0.2, -0.15) is 0 Å². The summed E-state index contributed by atoms with van der Waals surface area (Å²) in [7, 11) is 0. The molecule has 2 nitrogen and oxygen atoms in total. The fourth-order valence-electron chi connectivity index (χ4n) is 2.80. The highest BCUT2D eigenvalue weighted by Gasteiger charge is 2.19. The minimum atomic E-state index is 0.206. The lowest BCUT2D eigenvalue weighted by Crippen LogP contribution is -2.27. The van der Waals surface area contributed by atoms with E-state index in [1.807, 2.05) is 12.3 Å². The summed E-state index contributed by atoms with van der Waals surface area (Å²) < 4.78 is 0. The first kappa shape index (κ1) is 13.3. The highest BCUT2D eigenvalue weighted by molar-refractivity contribution is 5.27. The van der Waals surface area contributed by atoms with E-state index in [-0.39, 0.29) is 6.04 Å². The molecule has 20 heavy (non-hydrogen) atoms. The molecule has 0 saturated heterocycles. The maximum Gasteiger partial charge on any atom is 0.0751 e. The van der Waals surface area contributed by atoms with Gasteiger partial charge in [0.2, 0.25) is 0 Å². The van der Waals surface area contributed by atoms with E-state index in [4.69, 9.17) is 0 Å². The van der Waals surface area contributed by atoms with Gasteiger partial charge in [0.15, 0.2) is 0 Å². The summed E-state index contributed by atoms with van der Waals surface area (Å²) >= 11 is 0. The zero-order valence-electron chi connectivity index (χ0n) is 11.8. The molecule has 1 saturated carbocycles. The van der Waals surface area contributed by atoms with Gasteiger partial charge in [0, 0.05) is 6.20 Å². The fraction of sp³-hybridized carbons (Fsp3) is 0.389. The lowest BCUT2D eigenvalue weighted by atomic mass is 9.83. The van der Waals surface area contributed by atoms with Crippen molar-refractivity contribution >= 4 is 0 Å². The SMILES string of the molecule is c1ccc(C(NCCC2CCC2)c2ccccn2)cc1. The van der Waals surface area contributed by atoms with Crippen LogP contribution >= 0.6 is 0 Å². The van der Waals surface area contributed by atoms with Crippen LogP contribution in [0.4, 0.5) is 0 Å². The Bertz CT molecular complexity index is 466. The summed E-state index contributed by atoms with van der Waals surface area (Å²) in [6, 6.07) is 17.0. The lowest BCUT2D eigenvalue weighted by molar-refractivity contribution is 0.289. The van der Waals surface area contributed by atoms with Gasteiger partial charge in [-0.1, -0.05) is 55.7 Å². The van der Waals surface area contributed by atoms with Crippen LogP contribution in [0, 0.1) is 5.92 Å². The first-order valence-corrected chi connectivity index (χ1v) is 7.63. The van der Waals surface area contributed by atoms with Crippen molar-refractivity contribution in [3.05, 3.63) is 66.0 Å². The van der Waals surface area contributed by atoms with E-state index in [1.165, 1.54) is 31.2 Å². The molecule has 1 fully saturated rings. The predicted molar refractivity (Wildman–Crippen MR) is 82.5 cm³/mol. The van der Waals surface area contributed by atoms with Crippen LogP contribution in [0.1, 0.15) is 43.0 Å². The van der Waals surface area contributed by atoms with Crippen molar-refractivity contribution < 1.29 is 0 Å². The monoisotopic (exact) mass is 266 g/mol. The van der Waals surface area contributed by atoms with Gasteiger partial charge >= 0.3 is 0 Å². The second-order valence-corrected chi connectivity index (χ2v) is 5.64. The molecular weight excluding hydrogens is 244 g/mol. The Kier molecular flexibility index (Phi) is 4.44. The molecule has 0 radical (unpaired) electrons. The van der Waals surface area contributed by atoms with Gasteiger partial charge < -0.3 is 5.32 Å². The lowest BCUT2D eigenvalue weighted by Gasteiger charge is -2.26. The summed E-state index contributed by atoms with van der Waals surface area (Å²) in [5, 5.41) is 3.69. The number of nitrogens with zero attached hydrogens (tertiary/aromatic N) is 1. The van der Waals surface area contributed by atoms with Crippen LogP contribution in [0.5, 0.6) is 0 Å². The quantitative estimate of drug-likeness (QED) is 0.856. The first-order chi connectivity index (χ1) is 9.93. The van der Waals surface area contributed by atoms with Crippen molar-refractivity contribution in [1.82, 2.24) is 10.3 Å². The van der Waals surface area contributed by atoms with Gasteiger partial charge in [-0.25, -0.2) is 0 Å². The van der Waals surface area contributed by atoms with Crippen molar-refractivity contribution in [3.63, 3.8) is 0 Å². The van der Waals surface area contributed by atoms with Crippen LogP contribution < -0.4 is 5.32 Å². The fourth-order valence-corrected chi connectivity index (χ4v) is 2.80. The Hall–Kier alpha value is -1.67. The molecule has 0 aliphatic heterocycles. The number of hydrogen-bond donors (Lipinski definition) is 1.